The molecule has 3 rings (SSSR count). The van der Waals surface area contributed by atoms with E-state index in [1.165, 1.54) is 23.8 Å². The van der Waals surface area contributed by atoms with Gasteiger partial charge in [-0.1, -0.05) is 24.3 Å². The molecule has 1 aromatic carbocycles. The highest BCUT2D eigenvalue weighted by atomic mass is 32.2. The number of nitrogens with zero attached hydrogens (tertiary/aromatic N) is 1. The van der Waals surface area contributed by atoms with Crippen molar-refractivity contribution in [2.45, 2.75) is 31.0 Å². The molecule has 2 heterocycles. The molecular formula is C21H25N3O6S. The zero-order valence-electron chi connectivity index (χ0n) is 17.5. The lowest BCUT2D eigenvalue weighted by atomic mass is 10.00. The molecule has 1 aromatic rings. The molecule has 0 radical (unpaired) electrons. The van der Waals surface area contributed by atoms with Gasteiger partial charge in [-0.2, -0.15) is 0 Å². The Kier molecular flexibility index (Phi) is 7.04. The standard InChI is InChI=1S/C21H25N3O6S/c1-4-5-13-10-31-20-16(19(26)24(20)17(13)21(27)28)23-18(25)15(22)11-6-7-12(9-29-2)14(8-11)30-3/h4-8,15-16,20H,9-10,22H2,1-3H3,(H,23,25)(H,27,28)/b5-4-/t15-,16?,20+/m1/s1. The minimum atomic E-state index is -1.17. The van der Waals surface area contributed by atoms with Crippen molar-refractivity contribution in [3.8, 4) is 5.75 Å². The summed E-state index contributed by atoms with van der Waals surface area (Å²) in [5.74, 6) is -1.19. The summed E-state index contributed by atoms with van der Waals surface area (Å²) >= 11 is 1.40. The Morgan fingerprint density at radius 3 is 2.77 bits per heavy atom. The van der Waals surface area contributed by atoms with Crippen LogP contribution < -0.4 is 15.8 Å². The van der Waals surface area contributed by atoms with Gasteiger partial charge >= 0.3 is 5.97 Å². The average molecular weight is 448 g/mol. The Bertz CT molecular complexity index is 960. The first kappa shape index (κ1) is 22.9. The zero-order chi connectivity index (χ0) is 22.7. The fraction of sp³-hybridized carbons (Fsp3) is 0.381. The molecule has 1 fully saturated rings. The summed E-state index contributed by atoms with van der Waals surface area (Å²) in [5, 5.41) is 11.8. The molecule has 2 aliphatic rings. The number of aliphatic carboxylic acids is 1. The van der Waals surface area contributed by atoms with Crippen molar-refractivity contribution in [1.29, 1.82) is 0 Å². The van der Waals surface area contributed by atoms with Crippen molar-refractivity contribution in [2.24, 2.45) is 5.73 Å². The van der Waals surface area contributed by atoms with Gasteiger partial charge in [-0.25, -0.2) is 4.79 Å². The molecule has 0 aliphatic carbocycles. The number of thioether (sulfide) groups is 1. The highest BCUT2D eigenvalue weighted by Gasteiger charge is 2.54. The van der Waals surface area contributed by atoms with Crippen molar-refractivity contribution in [3.05, 3.63) is 52.7 Å². The van der Waals surface area contributed by atoms with Gasteiger partial charge in [0.05, 0.1) is 13.7 Å². The summed E-state index contributed by atoms with van der Waals surface area (Å²) in [5.41, 5.74) is 7.98. The number of fused-ring (bicyclic) bond motifs is 1. The van der Waals surface area contributed by atoms with Crippen LogP contribution in [-0.2, 0) is 25.7 Å². The van der Waals surface area contributed by atoms with Gasteiger partial charge in [-0.15, -0.1) is 11.8 Å². The van der Waals surface area contributed by atoms with Crippen LogP contribution in [0.15, 0.2) is 41.6 Å². The monoisotopic (exact) mass is 447 g/mol. The molecule has 3 atom stereocenters. The smallest absolute Gasteiger partial charge is 0.352 e. The lowest BCUT2D eigenvalue weighted by Crippen LogP contribution is -2.71. The summed E-state index contributed by atoms with van der Waals surface area (Å²) in [4.78, 5) is 38.3. The maximum Gasteiger partial charge on any atom is 0.352 e. The fourth-order valence-corrected chi connectivity index (χ4v) is 4.91. The second kappa shape index (κ2) is 9.54. The highest BCUT2D eigenvalue weighted by molar-refractivity contribution is 8.00. The number of hydrogen-bond acceptors (Lipinski definition) is 7. The third kappa shape index (κ3) is 4.32. The molecule has 0 saturated carbocycles. The number of methoxy groups -OCH3 is 2. The first-order valence-electron chi connectivity index (χ1n) is 9.59. The van der Waals surface area contributed by atoms with Crippen LogP contribution in [0, 0.1) is 0 Å². The number of β-lactam (4-membered cyclic amide) rings is 1. The maximum atomic E-state index is 12.7. The largest absolute Gasteiger partial charge is 0.496 e. The first-order chi connectivity index (χ1) is 14.8. The number of benzene rings is 1. The van der Waals surface area contributed by atoms with Gasteiger partial charge in [0.1, 0.15) is 28.9 Å². The fourth-order valence-electron chi connectivity index (χ4n) is 3.60. The van der Waals surface area contributed by atoms with E-state index in [0.717, 1.165) is 5.56 Å². The Balaban J connectivity index is 1.74. The topological polar surface area (TPSA) is 131 Å². The van der Waals surface area contributed by atoms with E-state index in [4.69, 9.17) is 15.2 Å². The molecule has 10 heteroatoms. The zero-order valence-corrected chi connectivity index (χ0v) is 18.3. The van der Waals surface area contributed by atoms with Crippen LogP contribution in [0.2, 0.25) is 0 Å². The van der Waals surface area contributed by atoms with Crippen molar-refractivity contribution < 1.29 is 29.0 Å². The van der Waals surface area contributed by atoms with Gasteiger partial charge < -0.3 is 25.6 Å². The van der Waals surface area contributed by atoms with Crippen molar-refractivity contribution in [2.75, 3.05) is 20.0 Å². The number of carbonyl (C=O) groups excluding carboxylic acids is 2. The van der Waals surface area contributed by atoms with E-state index in [2.05, 4.69) is 5.32 Å². The van der Waals surface area contributed by atoms with Gasteiger partial charge in [0.25, 0.3) is 5.91 Å². The number of allylic oxidation sites excluding steroid dienone is 2. The van der Waals surface area contributed by atoms with Crippen molar-refractivity contribution in [1.82, 2.24) is 10.2 Å². The quantitative estimate of drug-likeness (QED) is 0.506. The van der Waals surface area contributed by atoms with Gasteiger partial charge in [0.15, 0.2) is 0 Å². The number of carbonyl (C=O) groups is 3. The van der Waals surface area contributed by atoms with E-state index in [1.54, 1.807) is 44.4 Å². The molecule has 1 unspecified atom stereocenters. The number of ether oxygens (including phenoxy) is 2. The molecule has 9 nitrogen and oxygen atoms in total. The summed E-state index contributed by atoms with van der Waals surface area (Å²) in [6.45, 7) is 2.13. The molecule has 0 spiro atoms. The Hall–Kier alpha value is -2.82. The van der Waals surface area contributed by atoms with Gasteiger partial charge in [0.2, 0.25) is 5.91 Å². The number of hydrogen-bond donors (Lipinski definition) is 3. The minimum Gasteiger partial charge on any atom is -0.496 e. The molecule has 1 saturated heterocycles. The number of nitrogens with one attached hydrogen (secondary N) is 1. The van der Waals surface area contributed by atoms with Gasteiger partial charge in [0, 0.05) is 18.4 Å². The third-order valence-corrected chi connectivity index (χ3v) is 6.42. The Labute approximate surface area is 184 Å². The minimum absolute atomic E-state index is 0.0416. The second-order valence-electron chi connectivity index (χ2n) is 7.06. The predicted octanol–water partition coefficient (Wildman–Crippen LogP) is 1.16. The lowest BCUT2D eigenvalue weighted by Gasteiger charge is -2.49. The van der Waals surface area contributed by atoms with Crippen LogP contribution in [0.5, 0.6) is 5.75 Å². The summed E-state index contributed by atoms with van der Waals surface area (Å²) in [7, 11) is 3.09. The van der Waals surface area contributed by atoms with E-state index in [9.17, 15) is 19.5 Å². The van der Waals surface area contributed by atoms with E-state index in [0.29, 0.717) is 29.2 Å². The summed E-state index contributed by atoms with van der Waals surface area (Å²) < 4.78 is 10.5. The second-order valence-corrected chi connectivity index (χ2v) is 8.16. The number of carboxylic acid groups (broad SMARTS) is 1. The normalized spacial score (nSPS) is 21.5. The van der Waals surface area contributed by atoms with E-state index < -0.39 is 35.2 Å². The molecule has 0 aromatic heterocycles. The van der Waals surface area contributed by atoms with Gasteiger partial charge in [-0.05, 0) is 24.1 Å². The van der Waals surface area contributed by atoms with Crippen LogP contribution in [0.3, 0.4) is 0 Å². The Morgan fingerprint density at radius 1 is 1.42 bits per heavy atom. The van der Waals surface area contributed by atoms with Crippen LogP contribution in [-0.4, -0.2) is 59.2 Å². The molecule has 0 bridgehead atoms. The molecular weight excluding hydrogens is 422 g/mol. The van der Waals surface area contributed by atoms with Crippen molar-refractivity contribution >= 4 is 29.5 Å². The number of amides is 2. The van der Waals surface area contributed by atoms with E-state index in [1.807, 2.05) is 0 Å². The maximum absolute atomic E-state index is 12.7. The van der Waals surface area contributed by atoms with Crippen LogP contribution in [0.4, 0.5) is 0 Å². The van der Waals surface area contributed by atoms with Crippen LogP contribution >= 0.6 is 11.8 Å². The molecule has 2 aliphatic heterocycles. The average Bonchev–Trinajstić information content (AvgIpc) is 2.76. The SMILES string of the molecule is C/C=C\C1=C(C(=O)O)N2C(=O)C(NC(=O)[C@H](N)c3ccc(COC)c(OC)c3)[C@@H]2SC1. The summed E-state index contributed by atoms with van der Waals surface area (Å²) in [6, 6.07) is 3.29. The van der Waals surface area contributed by atoms with Crippen LogP contribution in [0.25, 0.3) is 0 Å². The Morgan fingerprint density at radius 2 is 2.16 bits per heavy atom. The third-order valence-electron chi connectivity index (χ3n) is 5.12. The van der Waals surface area contributed by atoms with E-state index >= 15 is 0 Å². The highest BCUT2D eigenvalue weighted by Crippen LogP contribution is 2.40. The molecule has 166 valence electrons. The number of carboxylic acids is 1. The summed E-state index contributed by atoms with van der Waals surface area (Å²) in [6.07, 6.45) is 3.41. The molecule has 31 heavy (non-hydrogen) atoms. The molecule has 2 amide bonds. The van der Waals surface area contributed by atoms with E-state index in [-0.39, 0.29) is 5.70 Å². The number of rotatable bonds is 8. The first-order valence-corrected chi connectivity index (χ1v) is 10.6. The predicted molar refractivity (Wildman–Crippen MR) is 115 cm³/mol. The van der Waals surface area contributed by atoms with Gasteiger partial charge in [-0.3, -0.25) is 14.5 Å². The number of nitrogens with two attached hydrogens (primary N) is 1. The van der Waals surface area contributed by atoms with Crippen LogP contribution in [0.1, 0.15) is 24.1 Å². The molecule has 4 N–H and O–H groups in total. The lowest BCUT2D eigenvalue weighted by molar-refractivity contribution is -0.150. The van der Waals surface area contributed by atoms with Crippen molar-refractivity contribution in [3.63, 3.8) is 0 Å².